The largest absolute Gasteiger partial charge is 0.256 e. The second-order valence-corrected chi connectivity index (χ2v) is 11.4. The van der Waals surface area contributed by atoms with Crippen LogP contribution in [0.3, 0.4) is 0 Å². The van der Waals surface area contributed by atoms with Gasteiger partial charge in [0.1, 0.15) is 0 Å². The van der Waals surface area contributed by atoms with Gasteiger partial charge in [0.05, 0.1) is 16.7 Å². The van der Waals surface area contributed by atoms with Crippen molar-refractivity contribution in [2.24, 2.45) is 0 Å². The summed E-state index contributed by atoms with van der Waals surface area (Å²) >= 11 is 0. The predicted octanol–water partition coefficient (Wildman–Crippen LogP) is 10.1. The quantitative estimate of drug-likeness (QED) is 0.230. The standard InChI is InChI=1S/C39H28N2/c1-39(2)33-17-5-3-14-31(33)38-36(39)35(32-15-4-6-18-34(32)41-38)29-12-7-11-28(24-29)25-19-21-26(22-20-25)30-16-8-10-27-13-9-23-40-37(27)30/h3-24H,1-2H3. The van der Waals surface area contributed by atoms with Crippen molar-refractivity contribution in [3.05, 3.63) is 145 Å². The molecule has 5 aromatic carbocycles. The smallest absolute Gasteiger partial charge is 0.0780 e. The highest BCUT2D eigenvalue weighted by molar-refractivity contribution is 6.02. The maximum atomic E-state index is 5.21. The molecule has 0 amide bonds. The number of fused-ring (bicyclic) bond motifs is 5. The van der Waals surface area contributed by atoms with Crippen LogP contribution in [0, 0.1) is 0 Å². The molecule has 2 heterocycles. The van der Waals surface area contributed by atoms with Crippen LogP contribution in [0.4, 0.5) is 0 Å². The first-order chi connectivity index (χ1) is 20.1. The van der Waals surface area contributed by atoms with E-state index in [2.05, 4.69) is 140 Å². The van der Waals surface area contributed by atoms with Crippen molar-refractivity contribution in [3.63, 3.8) is 0 Å². The van der Waals surface area contributed by atoms with Gasteiger partial charge in [-0.25, -0.2) is 4.98 Å². The third kappa shape index (κ3) is 3.64. The zero-order chi connectivity index (χ0) is 27.6. The van der Waals surface area contributed by atoms with Crippen LogP contribution >= 0.6 is 0 Å². The summed E-state index contributed by atoms with van der Waals surface area (Å²) in [6.45, 7) is 4.67. The van der Waals surface area contributed by atoms with Gasteiger partial charge in [-0.3, -0.25) is 4.98 Å². The van der Waals surface area contributed by atoms with Crippen molar-refractivity contribution < 1.29 is 0 Å². The van der Waals surface area contributed by atoms with Crippen molar-refractivity contribution >= 4 is 21.8 Å². The molecule has 0 radical (unpaired) electrons. The Morgan fingerprint density at radius 3 is 2.17 bits per heavy atom. The molecule has 2 nitrogen and oxygen atoms in total. The van der Waals surface area contributed by atoms with Crippen LogP contribution in [0.5, 0.6) is 0 Å². The summed E-state index contributed by atoms with van der Waals surface area (Å²) in [4.78, 5) is 9.87. The zero-order valence-corrected chi connectivity index (χ0v) is 23.1. The fourth-order valence-electron chi connectivity index (χ4n) is 6.72. The average Bonchev–Trinajstić information content (AvgIpc) is 3.26. The molecule has 0 atom stereocenters. The summed E-state index contributed by atoms with van der Waals surface area (Å²) in [6, 6.07) is 45.7. The molecule has 8 rings (SSSR count). The van der Waals surface area contributed by atoms with Gasteiger partial charge in [-0.2, -0.15) is 0 Å². The van der Waals surface area contributed by atoms with E-state index in [1.807, 2.05) is 12.3 Å². The molecule has 2 heteroatoms. The van der Waals surface area contributed by atoms with Crippen LogP contribution in [-0.4, -0.2) is 9.97 Å². The van der Waals surface area contributed by atoms with E-state index in [-0.39, 0.29) is 5.41 Å². The molecular weight excluding hydrogens is 496 g/mol. The number of hydrogen-bond donors (Lipinski definition) is 0. The van der Waals surface area contributed by atoms with Crippen LogP contribution in [0.15, 0.2) is 134 Å². The fourth-order valence-corrected chi connectivity index (χ4v) is 6.72. The van der Waals surface area contributed by atoms with E-state index in [9.17, 15) is 0 Å². The van der Waals surface area contributed by atoms with Gasteiger partial charge in [0.25, 0.3) is 0 Å². The molecule has 1 aliphatic carbocycles. The summed E-state index contributed by atoms with van der Waals surface area (Å²) in [5, 5.41) is 2.35. The van der Waals surface area contributed by atoms with E-state index in [4.69, 9.17) is 4.98 Å². The Labute approximate surface area is 240 Å². The van der Waals surface area contributed by atoms with Gasteiger partial charge < -0.3 is 0 Å². The van der Waals surface area contributed by atoms with Gasteiger partial charge in [-0.15, -0.1) is 0 Å². The Morgan fingerprint density at radius 1 is 0.561 bits per heavy atom. The highest BCUT2D eigenvalue weighted by Crippen LogP contribution is 2.53. The molecule has 0 fully saturated rings. The number of para-hydroxylation sites is 2. The van der Waals surface area contributed by atoms with E-state index in [0.29, 0.717) is 0 Å². The monoisotopic (exact) mass is 524 g/mol. The number of hydrogen-bond acceptors (Lipinski definition) is 2. The molecule has 0 spiro atoms. The second-order valence-electron chi connectivity index (χ2n) is 11.4. The summed E-state index contributed by atoms with van der Waals surface area (Å²) in [6.07, 6.45) is 1.87. The highest BCUT2D eigenvalue weighted by atomic mass is 14.7. The van der Waals surface area contributed by atoms with Gasteiger partial charge in [0, 0.05) is 33.5 Å². The third-order valence-corrected chi connectivity index (χ3v) is 8.69. The van der Waals surface area contributed by atoms with E-state index < -0.39 is 0 Å². The Bertz CT molecular complexity index is 2110. The highest BCUT2D eigenvalue weighted by Gasteiger charge is 2.39. The van der Waals surface area contributed by atoms with Gasteiger partial charge in [-0.1, -0.05) is 123 Å². The van der Waals surface area contributed by atoms with Gasteiger partial charge in [0.2, 0.25) is 0 Å². The first-order valence-corrected chi connectivity index (χ1v) is 14.2. The third-order valence-electron chi connectivity index (χ3n) is 8.69. The molecule has 0 saturated heterocycles. The van der Waals surface area contributed by atoms with Crippen molar-refractivity contribution in [3.8, 4) is 44.6 Å². The Hall–Kier alpha value is -5.08. The minimum Gasteiger partial charge on any atom is -0.256 e. The molecule has 0 aliphatic heterocycles. The number of nitrogens with zero attached hydrogens (tertiary/aromatic N) is 2. The van der Waals surface area contributed by atoms with Crippen molar-refractivity contribution in [2.75, 3.05) is 0 Å². The van der Waals surface area contributed by atoms with E-state index in [0.717, 1.165) is 27.7 Å². The lowest BCUT2D eigenvalue weighted by molar-refractivity contribution is 0.662. The molecule has 0 bridgehead atoms. The Kier molecular flexibility index (Phi) is 5.20. The molecule has 0 saturated carbocycles. The van der Waals surface area contributed by atoms with Crippen LogP contribution in [0.25, 0.3) is 66.4 Å². The zero-order valence-electron chi connectivity index (χ0n) is 23.1. The van der Waals surface area contributed by atoms with Gasteiger partial charge >= 0.3 is 0 Å². The topological polar surface area (TPSA) is 25.8 Å². The van der Waals surface area contributed by atoms with Crippen LogP contribution in [-0.2, 0) is 5.41 Å². The Balaban J connectivity index is 1.28. The SMILES string of the molecule is CC1(C)c2ccccc2-c2nc3ccccc3c(-c3cccc(-c4ccc(-c5cccc6cccnc56)cc4)c3)c21. The maximum Gasteiger partial charge on any atom is 0.0780 e. The van der Waals surface area contributed by atoms with Crippen molar-refractivity contribution in [1.29, 1.82) is 0 Å². The van der Waals surface area contributed by atoms with E-state index in [1.54, 1.807) is 0 Å². The Morgan fingerprint density at radius 2 is 1.27 bits per heavy atom. The van der Waals surface area contributed by atoms with Crippen molar-refractivity contribution in [2.45, 2.75) is 19.3 Å². The molecule has 1 aliphatic rings. The molecule has 194 valence electrons. The van der Waals surface area contributed by atoms with Gasteiger partial charge in [0.15, 0.2) is 0 Å². The molecule has 7 aromatic rings. The molecule has 2 aromatic heterocycles. The normalized spacial score (nSPS) is 13.3. The van der Waals surface area contributed by atoms with Crippen LogP contribution in [0.1, 0.15) is 25.0 Å². The second kappa shape index (κ2) is 8.97. The van der Waals surface area contributed by atoms with Crippen molar-refractivity contribution in [1.82, 2.24) is 9.97 Å². The minimum atomic E-state index is -0.150. The van der Waals surface area contributed by atoms with Crippen LogP contribution in [0.2, 0.25) is 0 Å². The molecule has 0 unspecified atom stereocenters. The number of benzene rings is 5. The van der Waals surface area contributed by atoms with Crippen LogP contribution < -0.4 is 0 Å². The fraction of sp³-hybridized carbons (Fsp3) is 0.0769. The minimum absolute atomic E-state index is 0.150. The lowest BCUT2D eigenvalue weighted by atomic mass is 9.78. The predicted molar refractivity (Wildman–Crippen MR) is 171 cm³/mol. The lowest BCUT2D eigenvalue weighted by Crippen LogP contribution is -2.16. The number of aromatic nitrogens is 2. The van der Waals surface area contributed by atoms with Gasteiger partial charge in [-0.05, 0) is 57.1 Å². The summed E-state index contributed by atoms with van der Waals surface area (Å²) in [5.41, 5.74) is 14.2. The summed E-state index contributed by atoms with van der Waals surface area (Å²) in [7, 11) is 0. The summed E-state index contributed by atoms with van der Waals surface area (Å²) in [5.74, 6) is 0. The first-order valence-electron chi connectivity index (χ1n) is 14.2. The molecule has 0 N–H and O–H groups in total. The van der Waals surface area contributed by atoms with E-state index in [1.165, 1.54) is 49.9 Å². The van der Waals surface area contributed by atoms with E-state index >= 15 is 0 Å². The molecular formula is C39H28N2. The summed E-state index contributed by atoms with van der Waals surface area (Å²) < 4.78 is 0. The number of rotatable bonds is 3. The average molecular weight is 525 g/mol. The first kappa shape index (κ1) is 23.8. The maximum absolute atomic E-state index is 5.21. The molecule has 41 heavy (non-hydrogen) atoms. The lowest BCUT2D eigenvalue weighted by Gasteiger charge is -2.25. The number of pyridine rings is 2.